The smallest absolute Gasteiger partial charge is 0.232 e. The number of rotatable bonds is 9. The number of likely N-dealkylation sites (tertiary alicyclic amines) is 1. The molecule has 2 saturated heterocycles. The number of benzene rings is 2. The van der Waals surface area contributed by atoms with E-state index in [1.807, 2.05) is 12.1 Å². The number of hydrogen-bond donors (Lipinski definition) is 2. The van der Waals surface area contributed by atoms with Crippen LogP contribution < -0.4 is 20.3 Å². The highest BCUT2D eigenvalue weighted by Crippen LogP contribution is 2.33. The predicted octanol–water partition coefficient (Wildman–Crippen LogP) is 4.61. The number of piperidine rings is 1. The van der Waals surface area contributed by atoms with Crippen LogP contribution in [0.3, 0.4) is 0 Å². The van der Waals surface area contributed by atoms with Crippen LogP contribution in [0.2, 0.25) is 0 Å². The van der Waals surface area contributed by atoms with Crippen LogP contribution in [0.25, 0.3) is 0 Å². The van der Waals surface area contributed by atoms with E-state index < -0.39 is 15.1 Å². The van der Waals surface area contributed by atoms with Crippen molar-refractivity contribution < 1.29 is 13.2 Å². The SMILES string of the molecule is COc1cc(N2CCC(N3CCCC3)CC2)ccc1Nc1ncnc(Nc2ccccc2S(=O)(=O)C(C)C)n1. The third-order valence-electron chi connectivity index (χ3n) is 7.55. The lowest BCUT2D eigenvalue weighted by Crippen LogP contribution is -2.43. The Bertz CT molecular complexity index is 1390. The molecule has 0 saturated carbocycles. The lowest BCUT2D eigenvalue weighted by atomic mass is 10.0. The summed E-state index contributed by atoms with van der Waals surface area (Å²) in [5.41, 5.74) is 2.28. The fourth-order valence-corrected chi connectivity index (χ4v) is 6.51. The summed E-state index contributed by atoms with van der Waals surface area (Å²) in [6, 6.07) is 13.6. The van der Waals surface area contributed by atoms with Crippen molar-refractivity contribution in [2.75, 3.05) is 48.8 Å². The van der Waals surface area contributed by atoms with Gasteiger partial charge in [0, 0.05) is 30.9 Å². The first-order valence-electron chi connectivity index (χ1n) is 13.6. The van der Waals surface area contributed by atoms with Crippen molar-refractivity contribution in [3.8, 4) is 5.75 Å². The van der Waals surface area contributed by atoms with Crippen LogP contribution in [0, 0.1) is 0 Å². The Kier molecular flexibility index (Phi) is 8.18. The monoisotopic (exact) mass is 551 g/mol. The van der Waals surface area contributed by atoms with Crippen LogP contribution in [0.5, 0.6) is 5.75 Å². The molecule has 39 heavy (non-hydrogen) atoms. The molecule has 0 aliphatic carbocycles. The lowest BCUT2D eigenvalue weighted by molar-refractivity contribution is 0.208. The summed E-state index contributed by atoms with van der Waals surface area (Å²) < 4.78 is 31.3. The minimum Gasteiger partial charge on any atom is -0.494 e. The number of sulfone groups is 1. The molecular formula is C28H37N7O3S. The second kappa shape index (κ2) is 11.7. The summed E-state index contributed by atoms with van der Waals surface area (Å²) in [6.07, 6.45) is 6.41. The highest BCUT2D eigenvalue weighted by atomic mass is 32.2. The van der Waals surface area contributed by atoms with E-state index in [9.17, 15) is 8.42 Å². The number of anilines is 5. The van der Waals surface area contributed by atoms with Crippen LogP contribution in [0.15, 0.2) is 53.7 Å². The molecule has 0 atom stereocenters. The van der Waals surface area contributed by atoms with E-state index >= 15 is 0 Å². The van der Waals surface area contributed by atoms with Crippen LogP contribution >= 0.6 is 0 Å². The van der Waals surface area contributed by atoms with Gasteiger partial charge in [-0.25, -0.2) is 18.4 Å². The minimum absolute atomic E-state index is 0.205. The molecule has 3 aromatic rings. The van der Waals surface area contributed by atoms with Gasteiger partial charge in [-0.3, -0.25) is 0 Å². The molecule has 0 amide bonds. The molecular weight excluding hydrogens is 514 g/mol. The fourth-order valence-electron chi connectivity index (χ4n) is 5.31. The molecule has 2 aromatic carbocycles. The Hall–Kier alpha value is -3.44. The molecule has 2 fully saturated rings. The highest BCUT2D eigenvalue weighted by molar-refractivity contribution is 7.92. The van der Waals surface area contributed by atoms with Gasteiger partial charge in [0.05, 0.1) is 28.6 Å². The maximum absolute atomic E-state index is 12.8. The van der Waals surface area contributed by atoms with Gasteiger partial charge in [-0.2, -0.15) is 4.98 Å². The van der Waals surface area contributed by atoms with Crippen LogP contribution in [-0.4, -0.2) is 72.9 Å². The van der Waals surface area contributed by atoms with Gasteiger partial charge in [0.1, 0.15) is 12.1 Å². The van der Waals surface area contributed by atoms with Crippen molar-refractivity contribution in [1.82, 2.24) is 19.9 Å². The number of methoxy groups -OCH3 is 1. The molecule has 1 aromatic heterocycles. The fraction of sp³-hybridized carbons (Fsp3) is 0.464. The van der Waals surface area contributed by atoms with Crippen molar-refractivity contribution >= 4 is 38.8 Å². The Morgan fingerprint density at radius 2 is 1.59 bits per heavy atom. The molecule has 2 aliphatic heterocycles. The largest absolute Gasteiger partial charge is 0.494 e. The number of nitrogens with zero attached hydrogens (tertiary/aromatic N) is 5. The van der Waals surface area contributed by atoms with Gasteiger partial charge in [0.25, 0.3) is 0 Å². The maximum atomic E-state index is 12.8. The van der Waals surface area contributed by atoms with E-state index in [0.29, 0.717) is 23.4 Å². The molecule has 208 valence electrons. The quantitative estimate of drug-likeness (QED) is 0.391. The van der Waals surface area contributed by atoms with Crippen LogP contribution in [0.4, 0.5) is 29.0 Å². The molecule has 0 spiro atoms. The van der Waals surface area contributed by atoms with E-state index in [-0.39, 0.29) is 10.8 Å². The third kappa shape index (κ3) is 6.09. The number of para-hydroxylation sites is 1. The van der Waals surface area contributed by atoms with Crippen molar-refractivity contribution in [3.63, 3.8) is 0 Å². The van der Waals surface area contributed by atoms with Gasteiger partial charge in [-0.1, -0.05) is 12.1 Å². The summed E-state index contributed by atoms with van der Waals surface area (Å²) in [5.74, 6) is 1.24. The molecule has 3 heterocycles. The number of hydrogen-bond acceptors (Lipinski definition) is 10. The molecule has 0 bridgehead atoms. The number of ether oxygens (including phenoxy) is 1. The van der Waals surface area contributed by atoms with E-state index in [1.165, 1.54) is 45.1 Å². The lowest BCUT2D eigenvalue weighted by Gasteiger charge is -2.38. The standard InChI is InChI=1S/C28H37N7O3S/c1-20(2)39(36,37)26-9-5-4-8-24(26)32-28-30-19-29-27(33-28)31-23-11-10-22(18-25(23)38-3)35-16-12-21(13-17-35)34-14-6-7-15-34/h4-5,8-11,18-21H,6-7,12-17H2,1-3H3,(H2,29,30,31,32,33). The maximum Gasteiger partial charge on any atom is 0.232 e. The van der Waals surface area contributed by atoms with Gasteiger partial charge >= 0.3 is 0 Å². The summed E-state index contributed by atoms with van der Waals surface area (Å²) >= 11 is 0. The molecule has 11 heteroatoms. The van der Waals surface area contributed by atoms with E-state index in [4.69, 9.17) is 4.74 Å². The molecule has 5 rings (SSSR count). The summed E-state index contributed by atoms with van der Waals surface area (Å²) in [4.78, 5) is 18.2. The van der Waals surface area contributed by atoms with Crippen molar-refractivity contribution in [2.24, 2.45) is 0 Å². The summed E-state index contributed by atoms with van der Waals surface area (Å²) in [6.45, 7) is 7.88. The van der Waals surface area contributed by atoms with Gasteiger partial charge in [-0.05, 0) is 76.9 Å². The Balaban J connectivity index is 1.28. The van der Waals surface area contributed by atoms with Gasteiger partial charge in [0.2, 0.25) is 11.9 Å². The van der Waals surface area contributed by atoms with E-state index in [2.05, 4.69) is 41.5 Å². The Labute approximate surface area is 230 Å². The summed E-state index contributed by atoms with van der Waals surface area (Å²) in [7, 11) is -1.84. The molecule has 10 nitrogen and oxygen atoms in total. The highest BCUT2D eigenvalue weighted by Gasteiger charge is 2.27. The van der Waals surface area contributed by atoms with Gasteiger partial charge in [-0.15, -0.1) is 0 Å². The van der Waals surface area contributed by atoms with Gasteiger partial charge in [0.15, 0.2) is 9.84 Å². The predicted molar refractivity (Wildman–Crippen MR) is 154 cm³/mol. The van der Waals surface area contributed by atoms with E-state index in [0.717, 1.165) is 24.5 Å². The van der Waals surface area contributed by atoms with Gasteiger partial charge < -0.3 is 25.2 Å². The third-order valence-corrected chi connectivity index (χ3v) is 9.76. The van der Waals surface area contributed by atoms with Crippen molar-refractivity contribution in [2.45, 2.75) is 55.7 Å². The zero-order valence-electron chi connectivity index (χ0n) is 22.8. The topological polar surface area (TPSA) is 113 Å². The van der Waals surface area contributed by atoms with E-state index in [1.54, 1.807) is 45.2 Å². The van der Waals surface area contributed by atoms with Crippen LogP contribution in [-0.2, 0) is 9.84 Å². The average molecular weight is 552 g/mol. The molecule has 0 unspecified atom stereocenters. The summed E-state index contributed by atoms with van der Waals surface area (Å²) in [5, 5.41) is 5.70. The second-order valence-electron chi connectivity index (χ2n) is 10.3. The zero-order chi connectivity index (χ0) is 27.4. The molecule has 0 radical (unpaired) electrons. The Morgan fingerprint density at radius 1 is 0.923 bits per heavy atom. The first-order valence-corrected chi connectivity index (χ1v) is 15.1. The molecule has 2 N–H and O–H groups in total. The normalized spacial score (nSPS) is 17.0. The second-order valence-corrected chi connectivity index (χ2v) is 12.8. The first kappa shape index (κ1) is 27.1. The number of aromatic nitrogens is 3. The zero-order valence-corrected chi connectivity index (χ0v) is 23.6. The van der Waals surface area contributed by atoms with Crippen molar-refractivity contribution in [1.29, 1.82) is 0 Å². The average Bonchev–Trinajstić information content (AvgIpc) is 3.49. The first-order chi connectivity index (χ1) is 18.8. The van der Waals surface area contributed by atoms with Crippen molar-refractivity contribution in [3.05, 3.63) is 48.8 Å². The number of nitrogens with one attached hydrogen (secondary N) is 2. The molecule has 2 aliphatic rings. The van der Waals surface area contributed by atoms with Crippen LogP contribution in [0.1, 0.15) is 39.5 Å². The Morgan fingerprint density at radius 3 is 2.26 bits per heavy atom. The minimum atomic E-state index is -3.49.